The van der Waals surface area contributed by atoms with Gasteiger partial charge in [0, 0.05) is 30.9 Å². The van der Waals surface area contributed by atoms with Gasteiger partial charge in [0.15, 0.2) is 6.61 Å². The van der Waals surface area contributed by atoms with Crippen LogP contribution in [0.25, 0.3) is 5.57 Å². The number of carbonyl (C=O) groups is 2. The highest BCUT2D eigenvalue weighted by atomic mass is 32.2. The lowest BCUT2D eigenvalue weighted by Gasteiger charge is -2.16. The molecular formula is C24H29N3O6S. The fourth-order valence-electron chi connectivity index (χ4n) is 3.78. The minimum absolute atomic E-state index is 0.0413. The molecule has 9 nitrogen and oxygen atoms in total. The number of hydrogen-bond acceptors (Lipinski definition) is 6. The van der Waals surface area contributed by atoms with Crippen molar-refractivity contribution in [1.29, 1.82) is 0 Å². The second-order valence-electron chi connectivity index (χ2n) is 8.44. The minimum atomic E-state index is -3.97. The van der Waals surface area contributed by atoms with Crippen molar-refractivity contribution in [3.63, 3.8) is 0 Å². The molecule has 2 aliphatic rings. The number of aromatic nitrogens is 1. The maximum atomic E-state index is 13.6. The summed E-state index contributed by atoms with van der Waals surface area (Å²) in [5.41, 5.74) is 2.08. The third kappa shape index (κ3) is 5.80. The average Bonchev–Trinajstić information content (AvgIpc) is 3.56. The number of ether oxygens (including phenoxy) is 2. The smallest absolute Gasteiger partial charge is 0.407 e. The van der Waals surface area contributed by atoms with E-state index in [-0.39, 0.29) is 30.1 Å². The predicted molar refractivity (Wildman–Crippen MR) is 126 cm³/mol. The molecule has 0 unspecified atom stereocenters. The van der Waals surface area contributed by atoms with Crippen LogP contribution in [0.4, 0.5) is 4.79 Å². The molecule has 1 saturated carbocycles. The maximum Gasteiger partial charge on any atom is 0.407 e. The first-order valence-electron chi connectivity index (χ1n) is 11.4. The Morgan fingerprint density at radius 1 is 1.18 bits per heavy atom. The summed E-state index contributed by atoms with van der Waals surface area (Å²) < 4.78 is 39.2. The molecule has 1 aromatic carbocycles. The van der Waals surface area contributed by atoms with Crippen molar-refractivity contribution >= 4 is 27.6 Å². The molecule has 0 atom stereocenters. The average molecular weight is 488 g/mol. The van der Waals surface area contributed by atoms with Gasteiger partial charge in [0.1, 0.15) is 12.4 Å². The van der Waals surface area contributed by atoms with E-state index in [1.165, 1.54) is 29.3 Å². The Morgan fingerprint density at radius 2 is 2.00 bits per heavy atom. The number of alkyl carbamates (subject to hydrolysis) is 1. The number of nitrogens with one attached hydrogen (secondary N) is 2. The van der Waals surface area contributed by atoms with E-state index in [0.717, 1.165) is 44.1 Å². The van der Waals surface area contributed by atoms with Crippen LogP contribution < -0.4 is 15.4 Å². The van der Waals surface area contributed by atoms with Gasteiger partial charge in [0.05, 0.1) is 10.6 Å². The Labute approximate surface area is 199 Å². The summed E-state index contributed by atoms with van der Waals surface area (Å²) in [5.74, 6) is 0.0641. The molecule has 1 heterocycles. The highest BCUT2D eigenvalue weighted by molar-refractivity contribution is 7.90. The molecule has 182 valence electrons. The van der Waals surface area contributed by atoms with Gasteiger partial charge in [0.2, 0.25) is 0 Å². The standard InChI is InChI=1S/C24H29N3O6S/c1-25-24(29)33-15-17-12-22(18-6-3-2-4-7-18)27(14-17)34(30,31)21-9-5-8-20(13-21)32-16-23(28)26-19-10-11-19/h5-6,8-9,12-14,19H,2-4,7,10-11,15-16H2,1H3,(H,25,29)(H,26,28). The van der Waals surface area contributed by atoms with E-state index in [9.17, 15) is 18.0 Å². The van der Waals surface area contributed by atoms with Gasteiger partial charge in [-0.3, -0.25) is 4.79 Å². The van der Waals surface area contributed by atoms with E-state index in [1.807, 2.05) is 0 Å². The van der Waals surface area contributed by atoms with Crippen LogP contribution in [0.15, 0.2) is 47.5 Å². The van der Waals surface area contributed by atoms with E-state index < -0.39 is 16.1 Å². The maximum absolute atomic E-state index is 13.6. The monoisotopic (exact) mass is 487 g/mol. The lowest BCUT2D eigenvalue weighted by atomic mass is 9.97. The molecule has 2 aliphatic carbocycles. The van der Waals surface area contributed by atoms with Gasteiger partial charge in [0.25, 0.3) is 15.9 Å². The summed E-state index contributed by atoms with van der Waals surface area (Å²) in [6.45, 7) is -0.232. The van der Waals surface area contributed by atoms with E-state index in [4.69, 9.17) is 9.47 Å². The zero-order valence-electron chi connectivity index (χ0n) is 19.1. The van der Waals surface area contributed by atoms with Crippen LogP contribution >= 0.6 is 0 Å². The SMILES string of the molecule is CNC(=O)OCc1cc(C2=CCCCC2)n(S(=O)(=O)c2cccc(OCC(=O)NC3CC3)c2)c1. The number of hydrogen-bond donors (Lipinski definition) is 2. The Kier molecular flexibility index (Phi) is 7.26. The van der Waals surface area contributed by atoms with Crippen molar-refractivity contribution in [2.24, 2.45) is 0 Å². The van der Waals surface area contributed by atoms with Crippen LogP contribution in [0.2, 0.25) is 0 Å². The number of nitrogens with zero attached hydrogens (tertiary/aromatic N) is 1. The largest absolute Gasteiger partial charge is 0.484 e. The fourth-order valence-corrected chi connectivity index (χ4v) is 5.23. The third-order valence-electron chi connectivity index (χ3n) is 5.71. The summed E-state index contributed by atoms with van der Waals surface area (Å²) >= 11 is 0. The molecule has 0 saturated heterocycles. The van der Waals surface area contributed by atoms with Gasteiger partial charge in [-0.05, 0) is 62.3 Å². The topological polar surface area (TPSA) is 116 Å². The van der Waals surface area contributed by atoms with Gasteiger partial charge >= 0.3 is 6.09 Å². The molecule has 10 heteroatoms. The van der Waals surface area contributed by atoms with Crippen molar-refractivity contribution in [3.8, 4) is 5.75 Å². The Morgan fingerprint density at radius 3 is 2.71 bits per heavy atom. The van der Waals surface area contributed by atoms with E-state index in [0.29, 0.717) is 17.0 Å². The van der Waals surface area contributed by atoms with Crippen molar-refractivity contribution in [2.75, 3.05) is 13.7 Å². The summed E-state index contributed by atoms with van der Waals surface area (Å²) in [6, 6.07) is 8.09. The van der Waals surface area contributed by atoms with Crippen molar-refractivity contribution in [1.82, 2.24) is 14.6 Å². The number of benzene rings is 1. The van der Waals surface area contributed by atoms with Gasteiger partial charge in [-0.2, -0.15) is 0 Å². The van der Waals surface area contributed by atoms with Gasteiger partial charge in [-0.15, -0.1) is 0 Å². The molecule has 2 N–H and O–H groups in total. The zero-order chi connectivity index (χ0) is 24.1. The van der Waals surface area contributed by atoms with Gasteiger partial charge in [-0.25, -0.2) is 17.2 Å². The molecule has 34 heavy (non-hydrogen) atoms. The van der Waals surface area contributed by atoms with E-state index in [1.54, 1.807) is 18.2 Å². The van der Waals surface area contributed by atoms with Crippen LogP contribution in [0.5, 0.6) is 5.75 Å². The van der Waals surface area contributed by atoms with E-state index in [2.05, 4.69) is 16.7 Å². The van der Waals surface area contributed by atoms with E-state index >= 15 is 0 Å². The molecule has 0 aliphatic heterocycles. The van der Waals surface area contributed by atoms with Gasteiger partial charge < -0.3 is 20.1 Å². The molecule has 2 aromatic rings. The minimum Gasteiger partial charge on any atom is -0.484 e. The Hall–Kier alpha value is -3.27. The van der Waals surface area contributed by atoms with Crippen LogP contribution in [0.3, 0.4) is 0 Å². The predicted octanol–water partition coefficient (Wildman–Crippen LogP) is 3.20. The highest BCUT2D eigenvalue weighted by Crippen LogP contribution is 2.31. The van der Waals surface area contributed by atoms with Crippen LogP contribution in [0, 0.1) is 0 Å². The number of rotatable bonds is 9. The summed E-state index contributed by atoms with van der Waals surface area (Å²) in [7, 11) is -2.51. The lowest BCUT2D eigenvalue weighted by Crippen LogP contribution is -2.30. The molecule has 1 fully saturated rings. The zero-order valence-corrected chi connectivity index (χ0v) is 19.9. The molecule has 1 aromatic heterocycles. The normalized spacial score (nSPS) is 15.9. The van der Waals surface area contributed by atoms with Crippen molar-refractivity contribution < 1.29 is 27.5 Å². The van der Waals surface area contributed by atoms with Crippen LogP contribution in [-0.4, -0.2) is 44.1 Å². The van der Waals surface area contributed by atoms with Crippen molar-refractivity contribution in [3.05, 3.63) is 53.9 Å². The first kappa shape index (κ1) is 23.9. The second kappa shape index (κ2) is 10.3. The molecule has 4 rings (SSSR count). The molecule has 2 amide bonds. The number of amides is 2. The Bertz CT molecular complexity index is 1200. The molecule has 0 spiro atoms. The number of carbonyl (C=O) groups excluding carboxylic acids is 2. The Balaban J connectivity index is 1.59. The first-order chi connectivity index (χ1) is 16.4. The number of allylic oxidation sites excluding steroid dienone is 2. The summed E-state index contributed by atoms with van der Waals surface area (Å²) in [4.78, 5) is 23.5. The van der Waals surface area contributed by atoms with Gasteiger partial charge in [-0.1, -0.05) is 12.1 Å². The lowest BCUT2D eigenvalue weighted by molar-refractivity contribution is -0.123. The van der Waals surface area contributed by atoms with Crippen molar-refractivity contribution in [2.45, 2.75) is 56.1 Å². The highest BCUT2D eigenvalue weighted by Gasteiger charge is 2.25. The van der Waals surface area contributed by atoms with Crippen LogP contribution in [0.1, 0.15) is 49.8 Å². The third-order valence-corrected chi connectivity index (χ3v) is 7.38. The first-order valence-corrected chi connectivity index (χ1v) is 12.8. The summed E-state index contributed by atoms with van der Waals surface area (Å²) in [5, 5.41) is 5.21. The van der Waals surface area contributed by atoms with Crippen LogP contribution in [-0.2, 0) is 26.2 Å². The fraction of sp³-hybridized carbons (Fsp3) is 0.417. The molecule has 0 radical (unpaired) electrons. The molecule has 0 bridgehead atoms. The quantitative estimate of drug-likeness (QED) is 0.561. The second-order valence-corrected chi connectivity index (χ2v) is 10.3. The molecular weight excluding hydrogens is 458 g/mol. The summed E-state index contributed by atoms with van der Waals surface area (Å²) in [6.07, 6.45) is 8.61.